The largest absolute Gasteiger partial charge is 0.325 e. The van der Waals surface area contributed by atoms with Gasteiger partial charge in [0.25, 0.3) is 0 Å². The maximum Gasteiger partial charge on any atom is 0.243 e. The lowest BCUT2D eigenvalue weighted by Gasteiger charge is -2.19. The molecule has 31 heavy (non-hydrogen) atoms. The van der Waals surface area contributed by atoms with Crippen LogP contribution >= 0.6 is 23.3 Å². The number of rotatable bonds is 7. The maximum absolute atomic E-state index is 13.2. The summed E-state index contributed by atoms with van der Waals surface area (Å²) in [6.07, 6.45) is 0.171. The molecule has 4 aromatic rings. The average Bonchev–Trinajstić information content (AvgIpc) is 3.24. The second kappa shape index (κ2) is 9.11. The van der Waals surface area contributed by atoms with Gasteiger partial charge in [0.05, 0.1) is 11.7 Å². The molecule has 2 N–H and O–H groups in total. The van der Waals surface area contributed by atoms with Crippen molar-refractivity contribution in [3.8, 4) is 0 Å². The van der Waals surface area contributed by atoms with Gasteiger partial charge in [0.1, 0.15) is 22.0 Å². The number of nitrogens with zero attached hydrogens (tertiary/aromatic N) is 2. The number of nitrogens with one attached hydrogen (secondary N) is 2. The number of halogens is 1. The van der Waals surface area contributed by atoms with Gasteiger partial charge in [0.15, 0.2) is 0 Å². The Morgan fingerprint density at radius 2 is 1.71 bits per heavy atom. The monoisotopic (exact) mass is 472 g/mol. The standard InChI is InChI=1S/C21H17ClN4O3S2/c22-15-9-11-16(12-10-15)23-21(27)18(13-14-5-2-1-3-6-14)26-31(28,29)19-8-4-7-17-20(19)25-30-24-17/h1-12,18,26H,13H2,(H,23,27)/t18-/m1/s1. The fourth-order valence-corrected chi connectivity index (χ4v) is 5.14. The normalized spacial score (nSPS) is 12.5. The van der Waals surface area contributed by atoms with E-state index >= 15 is 0 Å². The second-order valence-electron chi connectivity index (χ2n) is 6.75. The molecular weight excluding hydrogens is 456 g/mol. The minimum absolute atomic E-state index is 0.0175. The van der Waals surface area contributed by atoms with Crippen molar-refractivity contribution in [3.63, 3.8) is 0 Å². The number of hydrogen-bond donors (Lipinski definition) is 2. The van der Waals surface area contributed by atoms with E-state index in [0.717, 1.165) is 17.3 Å². The molecule has 10 heteroatoms. The number of aromatic nitrogens is 2. The van der Waals surface area contributed by atoms with Gasteiger partial charge in [-0.15, -0.1) is 0 Å². The quantitative estimate of drug-likeness (QED) is 0.425. The third kappa shape index (κ3) is 5.08. The molecule has 3 aromatic carbocycles. The molecule has 158 valence electrons. The van der Waals surface area contributed by atoms with E-state index in [9.17, 15) is 13.2 Å². The number of carbonyl (C=O) groups excluding carboxylic acids is 1. The molecule has 7 nitrogen and oxygen atoms in total. The summed E-state index contributed by atoms with van der Waals surface area (Å²) in [5.74, 6) is -0.488. The Morgan fingerprint density at radius 3 is 2.45 bits per heavy atom. The Kier molecular flexibility index (Phi) is 6.28. The molecule has 0 saturated carbocycles. The van der Waals surface area contributed by atoms with Crippen LogP contribution < -0.4 is 10.0 Å². The summed E-state index contributed by atoms with van der Waals surface area (Å²) in [6.45, 7) is 0. The van der Waals surface area contributed by atoms with E-state index < -0.39 is 22.0 Å². The molecule has 1 aromatic heterocycles. The van der Waals surface area contributed by atoms with Crippen molar-refractivity contribution in [1.29, 1.82) is 0 Å². The first-order valence-corrected chi connectivity index (χ1v) is 11.9. The lowest BCUT2D eigenvalue weighted by atomic mass is 10.1. The SMILES string of the molecule is O=C(Nc1ccc(Cl)cc1)[C@@H](Cc1ccccc1)NS(=O)(=O)c1cccc2nsnc12. The number of hydrogen-bond acceptors (Lipinski definition) is 6. The molecule has 0 saturated heterocycles. The molecule has 0 spiro atoms. The number of benzene rings is 3. The molecule has 0 aliphatic rings. The molecule has 0 aliphatic heterocycles. The zero-order chi connectivity index (χ0) is 21.8. The first kappa shape index (κ1) is 21.4. The number of sulfonamides is 1. The molecule has 1 amide bonds. The minimum atomic E-state index is -4.05. The maximum atomic E-state index is 13.2. The van der Waals surface area contributed by atoms with E-state index in [1.54, 1.807) is 36.4 Å². The van der Waals surface area contributed by atoms with Crippen molar-refractivity contribution >= 4 is 56.0 Å². The van der Waals surface area contributed by atoms with Gasteiger partial charge in [-0.2, -0.15) is 13.5 Å². The van der Waals surface area contributed by atoms with Gasteiger partial charge in [0, 0.05) is 10.7 Å². The highest BCUT2D eigenvalue weighted by molar-refractivity contribution is 7.89. The smallest absolute Gasteiger partial charge is 0.243 e. The summed E-state index contributed by atoms with van der Waals surface area (Å²) < 4.78 is 37.1. The summed E-state index contributed by atoms with van der Waals surface area (Å²) in [6, 6.07) is 19.5. The van der Waals surface area contributed by atoms with Crippen LogP contribution in [0.1, 0.15) is 5.56 Å². The van der Waals surface area contributed by atoms with Crippen LogP contribution in [0, 0.1) is 0 Å². The van der Waals surface area contributed by atoms with Crippen molar-refractivity contribution in [2.24, 2.45) is 0 Å². The highest BCUT2D eigenvalue weighted by atomic mass is 35.5. The second-order valence-corrected chi connectivity index (χ2v) is 9.40. The Labute approximate surface area is 188 Å². The zero-order valence-electron chi connectivity index (χ0n) is 16.0. The number of amides is 1. The van der Waals surface area contributed by atoms with Crippen LogP contribution in [0.3, 0.4) is 0 Å². The first-order valence-electron chi connectivity index (χ1n) is 9.26. The molecule has 0 radical (unpaired) electrons. The lowest BCUT2D eigenvalue weighted by molar-refractivity contribution is -0.117. The van der Waals surface area contributed by atoms with Crippen LogP contribution in [-0.4, -0.2) is 29.1 Å². The molecule has 1 atom stereocenters. The van der Waals surface area contributed by atoms with Crippen LogP contribution in [0.4, 0.5) is 5.69 Å². The predicted octanol–water partition coefficient (Wildman–Crippen LogP) is 3.87. The Bertz CT molecular complexity index is 1310. The van der Waals surface area contributed by atoms with Gasteiger partial charge < -0.3 is 5.32 Å². The predicted molar refractivity (Wildman–Crippen MR) is 122 cm³/mol. The van der Waals surface area contributed by atoms with Crippen LogP contribution in [0.15, 0.2) is 77.7 Å². The van der Waals surface area contributed by atoms with Gasteiger partial charge in [-0.05, 0) is 48.4 Å². The summed E-state index contributed by atoms with van der Waals surface area (Å²) in [7, 11) is -4.05. The van der Waals surface area contributed by atoms with Crippen molar-refractivity contribution < 1.29 is 13.2 Å². The molecule has 0 fully saturated rings. The Morgan fingerprint density at radius 1 is 0.968 bits per heavy atom. The van der Waals surface area contributed by atoms with Crippen LogP contribution in [0.5, 0.6) is 0 Å². The Hall–Kier alpha value is -2.85. The third-order valence-corrected chi connectivity index (χ3v) is 6.84. The molecular formula is C21H17ClN4O3S2. The number of fused-ring (bicyclic) bond motifs is 1. The van der Waals surface area contributed by atoms with Gasteiger partial charge in [-0.1, -0.05) is 48.0 Å². The third-order valence-electron chi connectivity index (χ3n) is 4.55. The molecule has 0 aliphatic carbocycles. The number of carbonyl (C=O) groups is 1. The van der Waals surface area contributed by atoms with Gasteiger partial charge in [0.2, 0.25) is 15.9 Å². The average molecular weight is 473 g/mol. The minimum Gasteiger partial charge on any atom is -0.325 e. The number of anilines is 1. The lowest BCUT2D eigenvalue weighted by Crippen LogP contribution is -2.45. The van der Waals surface area contributed by atoms with Gasteiger partial charge in [-0.3, -0.25) is 4.79 Å². The van der Waals surface area contributed by atoms with Crippen molar-refractivity contribution in [2.45, 2.75) is 17.4 Å². The summed E-state index contributed by atoms with van der Waals surface area (Å²) >= 11 is 6.83. The fraction of sp³-hybridized carbons (Fsp3) is 0.0952. The topological polar surface area (TPSA) is 101 Å². The summed E-state index contributed by atoms with van der Waals surface area (Å²) in [5, 5.41) is 3.28. The van der Waals surface area contributed by atoms with E-state index in [-0.39, 0.29) is 16.8 Å². The van der Waals surface area contributed by atoms with Crippen molar-refractivity contribution in [1.82, 2.24) is 13.5 Å². The molecule has 0 unspecified atom stereocenters. The summed E-state index contributed by atoms with van der Waals surface area (Å²) in [4.78, 5) is 13.0. The van der Waals surface area contributed by atoms with Crippen LogP contribution in [0.25, 0.3) is 11.0 Å². The van der Waals surface area contributed by atoms with Crippen molar-refractivity contribution in [3.05, 3.63) is 83.4 Å². The van der Waals surface area contributed by atoms with E-state index in [1.165, 1.54) is 6.07 Å². The highest BCUT2D eigenvalue weighted by Gasteiger charge is 2.28. The summed E-state index contributed by atoms with van der Waals surface area (Å²) in [5.41, 5.74) is 2.09. The Balaban J connectivity index is 1.64. The zero-order valence-corrected chi connectivity index (χ0v) is 18.4. The van der Waals surface area contributed by atoms with Crippen molar-refractivity contribution in [2.75, 3.05) is 5.32 Å². The van der Waals surface area contributed by atoms with Gasteiger partial charge in [-0.25, -0.2) is 8.42 Å². The highest BCUT2D eigenvalue weighted by Crippen LogP contribution is 2.22. The first-order chi connectivity index (χ1) is 14.9. The van der Waals surface area contributed by atoms with E-state index in [0.29, 0.717) is 16.2 Å². The molecule has 0 bridgehead atoms. The van der Waals surface area contributed by atoms with E-state index in [4.69, 9.17) is 11.6 Å². The van der Waals surface area contributed by atoms with E-state index in [1.807, 2.05) is 30.3 Å². The molecule has 1 heterocycles. The molecule has 4 rings (SSSR count). The van der Waals surface area contributed by atoms with E-state index in [2.05, 4.69) is 18.8 Å². The van der Waals surface area contributed by atoms with Crippen LogP contribution in [0.2, 0.25) is 5.02 Å². The fourth-order valence-electron chi connectivity index (χ4n) is 3.05. The van der Waals surface area contributed by atoms with Crippen LogP contribution in [-0.2, 0) is 21.2 Å². The van der Waals surface area contributed by atoms with Gasteiger partial charge >= 0.3 is 0 Å².